The molecule has 0 spiro atoms. The summed E-state index contributed by atoms with van der Waals surface area (Å²) in [4.78, 5) is 11.8. The quantitative estimate of drug-likeness (QED) is 0.831. The number of rotatable bonds is 6. The summed E-state index contributed by atoms with van der Waals surface area (Å²) in [6, 6.07) is 5.92. The SMILES string of the molecule is COc1cc2cc(C3(CCC(=O)O)CO3)sc2cc1OC. The Bertz CT molecular complexity index is 646. The Kier molecular flexibility index (Phi) is 3.51. The highest BCUT2D eigenvalue weighted by atomic mass is 32.1. The van der Waals surface area contributed by atoms with E-state index in [4.69, 9.17) is 19.3 Å². The maximum atomic E-state index is 10.8. The summed E-state index contributed by atoms with van der Waals surface area (Å²) < 4.78 is 17.2. The molecule has 112 valence electrons. The number of fused-ring (bicyclic) bond motifs is 1. The molecule has 0 aliphatic carbocycles. The Hall–Kier alpha value is -1.79. The second kappa shape index (κ2) is 5.20. The van der Waals surface area contributed by atoms with Crippen LogP contribution in [0.2, 0.25) is 0 Å². The van der Waals surface area contributed by atoms with Crippen molar-refractivity contribution in [3.63, 3.8) is 0 Å². The van der Waals surface area contributed by atoms with E-state index < -0.39 is 11.6 Å². The van der Waals surface area contributed by atoms with Gasteiger partial charge in [-0.2, -0.15) is 0 Å². The Morgan fingerprint density at radius 1 is 1.33 bits per heavy atom. The van der Waals surface area contributed by atoms with E-state index in [0.29, 0.717) is 24.5 Å². The van der Waals surface area contributed by atoms with Gasteiger partial charge in [0.05, 0.1) is 20.8 Å². The van der Waals surface area contributed by atoms with Crippen molar-refractivity contribution in [1.82, 2.24) is 0 Å². The fraction of sp³-hybridized carbons (Fsp3) is 0.400. The largest absolute Gasteiger partial charge is 0.493 e. The summed E-state index contributed by atoms with van der Waals surface area (Å²) in [5.74, 6) is 0.578. The Morgan fingerprint density at radius 3 is 2.57 bits per heavy atom. The minimum Gasteiger partial charge on any atom is -0.493 e. The number of carboxylic acids is 1. The van der Waals surface area contributed by atoms with Gasteiger partial charge in [0.15, 0.2) is 11.5 Å². The predicted molar refractivity (Wildman–Crippen MR) is 79.4 cm³/mol. The second-order valence-electron chi connectivity index (χ2n) is 5.03. The lowest BCUT2D eigenvalue weighted by atomic mass is 10.0. The van der Waals surface area contributed by atoms with Gasteiger partial charge in [-0.05, 0) is 23.9 Å². The molecule has 1 saturated heterocycles. The summed E-state index contributed by atoms with van der Waals surface area (Å²) >= 11 is 1.61. The molecule has 2 aromatic rings. The van der Waals surface area contributed by atoms with E-state index >= 15 is 0 Å². The van der Waals surface area contributed by atoms with Crippen molar-refractivity contribution in [2.75, 3.05) is 20.8 Å². The van der Waals surface area contributed by atoms with E-state index in [2.05, 4.69) is 6.07 Å². The summed E-state index contributed by atoms with van der Waals surface area (Å²) in [6.45, 7) is 0.585. The maximum Gasteiger partial charge on any atom is 0.303 e. The number of methoxy groups -OCH3 is 2. The number of carbonyl (C=O) groups is 1. The van der Waals surface area contributed by atoms with Crippen LogP contribution in [0.25, 0.3) is 10.1 Å². The number of epoxide rings is 1. The molecule has 1 aliphatic rings. The second-order valence-corrected chi connectivity index (χ2v) is 6.12. The fourth-order valence-electron chi connectivity index (χ4n) is 2.40. The van der Waals surface area contributed by atoms with E-state index in [-0.39, 0.29) is 6.42 Å². The smallest absolute Gasteiger partial charge is 0.303 e. The minimum absolute atomic E-state index is 0.112. The van der Waals surface area contributed by atoms with Crippen LogP contribution in [0.4, 0.5) is 0 Å². The van der Waals surface area contributed by atoms with Crippen molar-refractivity contribution in [2.45, 2.75) is 18.4 Å². The standard InChI is InChI=1S/C15H16O5S/c1-18-10-5-9-6-13(21-12(9)7-11(10)19-2)15(8-20-15)4-3-14(16)17/h5-7H,3-4,8H2,1-2H3,(H,16,17). The van der Waals surface area contributed by atoms with Gasteiger partial charge in [0, 0.05) is 22.1 Å². The number of carboxylic acid groups (broad SMARTS) is 1. The molecule has 21 heavy (non-hydrogen) atoms. The Morgan fingerprint density at radius 2 is 2.00 bits per heavy atom. The van der Waals surface area contributed by atoms with Crippen LogP contribution in [0.5, 0.6) is 11.5 Å². The first-order chi connectivity index (χ1) is 10.1. The van der Waals surface area contributed by atoms with Crippen LogP contribution < -0.4 is 9.47 Å². The van der Waals surface area contributed by atoms with Gasteiger partial charge in [0.2, 0.25) is 0 Å². The summed E-state index contributed by atoms with van der Waals surface area (Å²) in [5.41, 5.74) is -0.414. The number of benzene rings is 1. The highest BCUT2D eigenvalue weighted by Gasteiger charge is 2.47. The van der Waals surface area contributed by atoms with Crippen LogP contribution in [0.3, 0.4) is 0 Å². The molecular formula is C15H16O5S. The highest BCUT2D eigenvalue weighted by Crippen LogP contribution is 2.48. The van der Waals surface area contributed by atoms with Gasteiger partial charge in [0.1, 0.15) is 5.60 Å². The van der Waals surface area contributed by atoms with Crippen molar-refractivity contribution in [3.8, 4) is 11.5 Å². The van der Waals surface area contributed by atoms with E-state index in [1.54, 1.807) is 25.6 Å². The molecule has 3 rings (SSSR count). The molecule has 5 nitrogen and oxygen atoms in total. The minimum atomic E-state index is -0.797. The van der Waals surface area contributed by atoms with Crippen LogP contribution in [0.1, 0.15) is 17.7 Å². The lowest BCUT2D eigenvalue weighted by Crippen LogP contribution is -2.09. The van der Waals surface area contributed by atoms with Crippen molar-refractivity contribution >= 4 is 27.4 Å². The van der Waals surface area contributed by atoms with Gasteiger partial charge in [-0.25, -0.2) is 0 Å². The molecular weight excluding hydrogens is 292 g/mol. The zero-order chi connectivity index (χ0) is 15.0. The molecule has 0 bridgehead atoms. The van der Waals surface area contributed by atoms with Gasteiger partial charge < -0.3 is 19.3 Å². The van der Waals surface area contributed by atoms with E-state index in [1.807, 2.05) is 12.1 Å². The molecule has 0 amide bonds. The topological polar surface area (TPSA) is 68.3 Å². The maximum absolute atomic E-state index is 10.8. The van der Waals surface area contributed by atoms with Gasteiger partial charge in [-0.3, -0.25) is 4.79 Å². The zero-order valence-corrected chi connectivity index (χ0v) is 12.7. The van der Waals surface area contributed by atoms with Crippen LogP contribution in [0, 0.1) is 0 Å². The van der Waals surface area contributed by atoms with Gasteiger partial charge in [0.25, 0.3) is 0 Å². The van der Waals surface area contributed by atoms with Crippen LogP contribution in [-0.4, -0.2) is 31.9 Å². The summed E-state index contributed by atoms with van der Waals surface area (Å²) in [6.07, 6.45) is 0.615. The average molecular weight is 308 g/mol. The van der Waals surface area contributed by atoms with Gasteiger partial charge in [-0.1, -0.05) is 0 Å². The number of thiophene rings is 1. The number of hydrogen-bond acceptors (Lipinski definition) is 5. The van der Waals surface area contributed by atoms with Crippen molar-refractivity contribution < 1.29 is 24.1 Å². The monoisotopic (exact) mass is 308 g/mol. The summed E-state index contributed by atoms with van der Waals surface area (Å²) in [7, 11) is 3.21. The van der Waals surface area contributed by atoms with E-state index in [0.717, 1.165) is 15.0 Å². The Balaban J connectivity index is 1.96. The number of ether oxygens (including phenoxy) is 3. The van der Waals surface area contributed by atoms with E-state index in [1.165, 1.54) is 0 Å². The molecule has 1 atom stereocenters. The molecule has 1 aliphatic heterocycles. The molecule has 1 unspecified atom stereocenters. The molecule has 0 radical (unpaired) electrons. The first kappa shape index (κ1) is 14.2. The lowest BCUT2D eigenvalue weighted by Gasteiger charge is -2.06. The first-order valence-electron chi connectivity index (χ1n) is 6.60. The van der Waals surface area contributed by atoms with Crippen LogP contribution in [0.15, 0.2) is 18.2 Å². The lowest BCUT2D eigenvalue weighted by molar-refractivity contribution is -0.137. The molecule has 1 aromatic carbocycles. The predicted octanol–water partition coefficient (Wildman–Crippen LogP) is 3.01. The first-order valence-corrected chi connectivity index (χ1v) is 7.41. The highest BCUT2D eigenvalue weighted by molar-refractivity contribution is 7.19. The molecule has 1 N–H and O–H groups in total. The summed E-state index contributed by atoms with van der Waals surface area (Å²) in [5, 5.41) is 9.90. The third-order valence-corrected chi connectivity index (χ3v) is 4.99. The van der Waals surface area contributed by atoms with Crippen molar-refractivity contribution in [2.24, 2.45) is 0 Å². The van der Waals surface area contributed by atoms with Crippen molar-refractivity contribution in [3.05, 3.63) is 23.1 Å². The molecule has 1 fully saturated rings. The average Bonchev–Trinajstić information content (AvgIpc) is 3.16. The molecule has 0 saturated carbocycles. The number of hydrogen-bond donors (Lipinski definition) is 1. The van der Waals surface area contributed by atoms with Crippen LogP contribution in [-0.2, 0) is 15.1 Å². The molecule has 6 heteroatoms. The van der Waals surface area contributed by atoms with Crippen LogP contribution >= 0.6 is 11.3 Å². The Labute approximate surface area is 126 Å². The normalized spacial score (nSPS) is 20.5. The van der Waals surface area contributed by atoms with Crippen molar-refractivity contribution in [1.29, 1.82) is 0 Å². The zero-order valence-electron chi connectivity index (χ0n) is 11.8. The van der Waals surface area contributed by atoms with Gasteiger partial charge >= 0.3 is 5.97 Å². The fourth-order valence-corrected chi connectivity index (χ4v) is 3.63. The third kappa shape index (κ3) is 2.56. The number of aliphatic carboxylic acids is 1. The van der Waals surface area contributed by atoms with E-state index in [9.17, 15) is 4.79 Å². The molecule has 2 heterocycles. The molecule has 1 aromatic heterocycles. The van der Waals surface area contributed by atoms with Gasteiger partial charge in [-0.15, -0.1) is 11.3 Å². The third-order valence-electron chi connectivity index (χ3n) is 3.71.